The van der Waals surface area contributed by atoms with Crippen molar-refractivity contribution in [1.82, 2.24) is 4.98 Å². The van der Waals surface area contributed by atoms with Crippen LogP contribution in [0.15, 0.2) is 12.3 Å². The Morgan fingerprint density at radius 1 is 1.33 bits per heavy atom. The summed E-state index contributed by atoms with van der Waals surface area (Å²) >= 11 is 0. The fourth-order valence-electron chi connectivity index (χ4n) is 1.39. The largest absolute Gasteiger partial charge is 0.444 e. The lowest BCUT2D eigenvalue weighted by Gasteiger charge is -2.20. The van der Waals surface area contributed by atoms with Gasteiger partial charge >= 0.3 is 6.09 Å². The summed E-state index contributed by atoms with van der Waals surface area (Å²) in [7, 11) is -1.45. The van der Waals surface area contributed by atoms with Crippen LogP contribution in [0.2, 0.25) is 19.6 Å². The number of ether oxygens (including phenoxy) is 1. The average Bonchev–Trinajstić information content (AvgIpc) is 2.26. The molecular formula is C16H24N2O2Si. The minimum Gasteiger partial charge on any atom is -0.444 e. The first kappa shape index (κ1) is 17.2. The van der Waals surface area contributed by atoms with Gasteiger partial charge in [-0.1, -0.05) is 25.6 Å². The number of anilines is 1. The highest BCUT2D eigenvalue weighted by atomic mass is 28.3. The van der Waals surface area contributed by atoms with Gasteiger partial charge in [0.25, 0.3) is 0 Å². The fourth-order valence-corrected chi connectivity index (χ4v) is 1.89. The SMILES string of the molecule is Cc1cnc(C#C[Si](C)(C)C)cc1NC(=O)OC(C)(C)C. The molecule has 0 aliphatic heterocycles. The first-order valence-electron chi connectivity index (χ1n) is 6.96. The smallest absolute Gasteiger partial charge is 0.412 e. The van der Waals surface area contributed by atoms with Crippen LogP contribution in [-0.4, -0.2) is 24.8 Å². The van der Waals surface area contributed by atoms with Crippen molar-refractivity contribution in [3.63, 3.8) is 0 Å². The van der Waals surface area contributed by atoms with Gasteiger partial charge in [-0.05, 0) is 39.3 Å². The van der Waals surface area contributed by atoms with Gasteiger partial charge < -0.3 is 4.74 Å². The van der Waals surface area contributed by atoms with Crippen molar-refractivity contribution >= 4 is 19.9 Å². The van der Waals surface area contributed by atoms with Crippen molar-refractivity contribution in [2.24, 2.45) is 0 Å². The van der Waals surface area contributed by atoms with E-state index in [-0.39, 0.29) is 0 Å². The average molecular weight is 304 g/mol. The summed E-state index contributed by atoms with van der Waals surface area (Å²) in [5.41, 5.74) is 4.95. The maximum absolute atomic E-state index is 11.8. The Balaban J connectivity index is 2.93. The van der Waals surface area contributed by atoms with E-state index in [1.807, 2.05) is 27.7 Å². The molecule has 0 aliphatic carbocycles. The molecule has 0 saturated carbocycles. The number of nitrogens with zero attached hydrogens (tertiary/aromatic N) is 1. The molecule has 0 fully saturated rings. The lowest BCUT2D eigenvalue weighted by Crippen LogP contribution is -2.27. The minimum absolute atomic E-state index is 0.471. The van der Waals surface area contributed by atoms with Crippen molar-refractivity contribution in [2.45, 2.75) is 52.9 Å². The number of carbonyl (C=O) groups is 1. The van der Waals surface area contributed by atoms with Gasteiger partial charge in [0.15, 0.2) is 0 Å². The third-order valence-corrected chi connectivity index (χ3v) is 3.18. The zero-order chi connectivity index (χ0) is 16.3. The normalized spacial score (nSPS) is 11.4. The molecule has 1 aromatic heterocycles. The Morgan fingerprint density at radius 3 is 2.48 bits per heavy atom. The van der Waals surface area contributed by atoms with Crippen LogP contribution in [0.3, 0.4) is 0 Å². The van der Waals surface area contributed by atoms with Gasteiger partial charge in [0.05, 0.1) is 5.69 Å². The fraction of sp³-hybridized carbons (Fsp3) is 0.500. The molecule has 1 amide bonds. The molecule has 0 atom stereocenters. The third-order valence-electron chi connectivity index (χ3n) is 2.30. The number of hydrogen-bond acceptors (Lipinski definition) is 3. The van der Waals surface area contributed by atoms with E-state index in [4.69, 9.17) is 4.74 Å². The minimum atomic E-state index is -1.45. The lowest BCUT2D eigenvalue weighted by molar-refractivity contribution is 0.0636. The van der Waals surface area contributed by atoms with Crippen LogP contribution in [0.5, 0.6) is 0 Å². The van der Waals surface area contributed by atoms with Gasteiger partial charge in [-0.25, -0.2) is 9.78 Å². The van der Waals surface area contributed by atoms with Gasteiger partial charge in [0.2, 0.25) is 0 Å². The zero-order valence-electron chi connectivity index (χ0n) is 13.9. The quantitative estimate of drug-likeness (QED) is 0.631. The lowest BCUT2D eigenvalue weighted by atomic mass is 10.2. The van der Waals surface area contributed by atoms with Crippen molar-refractivity contribution in [1.29, 1.82) is 0 Å². The summed E-state index contributed by atoms with van der Waals surface area (Å²) in [5.74, 6) is 3.08. The molecule has 114 valence electrons. The Bertz CT molecular complexity index is 587. The molecule has 0 spiro atoms. The molecule has 1 N–H and O–H groups in total. The van der Waals surface area contributed by atoms with E-state index >= 15 is 0 Å². The molecule has 4 nitrogen and oxygen atoms in total. The van der Waals surface area contributed by atoms with Gasteiger partial charge in [-0.2, -0.15) is 0 Å². The zero-order valence-corrected chi connectivity index (χ0v) is 14.9. The number of amides is 1. The standard InChI is InChI=1S/C16H24N2O2Si/c1-12-11-17-13(8-9-21(5,6)7)10-14(12)18-15(19)20-16(2,3)4/h10-11H,1-7H3,(H,17,18,19). The van der Waals surface area contributed by atoms with E-state index < -0.39 is 19.8 Å². The molecule has 0 bridgehead atoms. The summed E-state index contributed by atoms with van der Waals surface area (Å²) < 4.78 is 5.25. The molecule has 0 aliphatic rings. The monoisotopic (exact) mass is 304 g/mol. The molecule has 0 radical (unpaired) electrons. The second-order valence-electron chi connectivity index (χ2n) is 7.01. The molecule has 0 saturated heterocycles. The summed E-state index contributed by atoms with van der Waals surface area (Å²) in [6.45, 7) is 13.9. The van der Waals surface area contributed by atoms with E-state index in [2.05, 4.69) is 41.4 Å². The van der Waals surface area contributed by atoms with Crippen LogP contribution in [0.25, 0.3) is 0 Å². The highest BCUT2D eigenvalue weighted by molar-refractivity contribution is 6.83. The Morgan fingerprint density at radius 2 is 1.95 bits per heavy atom. The van der Waals surface area contributed by atoms with Gasteiger partial charge in [0, 0.05) is 6.20 Å². The van der Waals surface area contributed by atoms with Gasteiger partial charge in [-0.15, -0.1) is 5.54 Å². The van der Waals surface area contributed by atoms with Crippen molar-refractivity contribution in [3.8, 4) is 11.5 Å². The number of carbonyl (C=O) groups excluding carboxylic acids is 1. The Hall–Kier alpha value is -1.80. The van der Waals surface area contributed by atoms with E-state index in [0.717, 1.165) is 5.56 Å². The maximum atomic E-state index is 11.8. The van der Waals surface area contributed by atoms with Crippen LogP contribution < -0.4 is 5.32 Å². The van der Waals surface area contributed by atoms with Crippen LogP contribution in [0.1, 0.15) is 32.0 Å². The highest BCUT2D eigenvalue weighted by Gasteiger charge is 2.17. The highest BCUT2D eigenvalue weighted by Crippen LogP contribution is 2.16. The number of hydrogen-bond donors (Lipinski definition) is 1. The molecule has 21 heavy (non-hydrogen) atoms. The maximum Gasteiger partial charge on any atom is 0.412 e. The van der Waals surface area contributed by atoms with Crippen LogP contribution in [0, 0.1) is 18.4 Å². The van der Waals surface area contributed by atoms with E-state index in [0.29, 0.717) is 11.4 Å². The molecule has 0 unspecified atom stereocenters. The first-order valence-corrected chi connectivity index (χ1v) is 10.5. The van der Waals surface area contributed by atoms with E-state index in [9.17, 15) is 4.79 Å². The van der Waals surface area contributed by atoms with E-state index in [1.165, 1.54) is 0 Å². The number of aryl methyl sites for hydroxylation is 1. The summed E-state index contributed by atoms with van der Waals surface area (Å²) in [5, 5.41) is 2.75. The van der Waals surface area contributed by atoms with Crippen LogP contribution in [0.4, 0.5) is 10.5 Å². The second-order valence-corrected chi connectivity index (χ2v) is 11.8. The number of nitrogens with one attached hydrogen (secondary N) is 1. The predicted octanol–water partition coefficient (Wildman–Crippen LogP) is 3.97. The third kappa shape index (κ3) is 6.96. The Kier molecular flexibility index (Phi) is 5.19. The van der Waals surface area contributed by atoms with Crippen LogP contribution >= 0.6 is 0 Å². The van der Waals surface area contributed by atoms with Gasteiger partial charge in [0.1, 0.15) is 19.4 Å². The number of rotatable bonds is 1. The molecule has 1 rings (SSSR count). The van der Waals surface area contributed by atoms with Crippen molar-refractivity contribution in [3.05, 3.63) is 23.5 Å². The number of pyridine rings is 1. The topological polar surface area (TPSA) is 51.2 Å². The molecule has 1 aromatic rings. The van der Waals surface area contributed by atoms with Crippen LogP contribution in [-0.2, 0) is 4.74 Å². The number of aromatic nitrogens is 1. The van der Waals surface area contributed by atoms with Gasteiger partial charge in [-0.3, -0.25) is 5.32 Å². The Labute approximate surface area is 128 Å². The van der Waals surface area contributed by atoms with Crippen molar-refractivity contribution in [2.75, 3.05) is 5.32 Å². The summed E-state index contributed by atoms with van der Waals surface area (Å²) in [4.78, 5) is 16.1. The summed E-state index contributed by atoms with van der Waals surface area (Å²) in [6.07, 6.45) is 1.24. The molecule has 0 aromatic carbocycles. The predicted molar refractivity (Wildman–Crippen MR) is 89.1 cm³/mol. The van der Waals surface area contributed by atoms with Crippen molar-refractivity contribution < 1.29 is 9.53 Å². The second kappa shape index (κ2) is 6.31. The summed E-state index contributed by atoms with van der Waals surface area (Å²) in [6, 6.07) is 1.78. The molecule has 5 heteroatoms. The molecule has 1 heterocycles. The van der Waals surface area contributed by atoms with E-state index in [1.54, 1.807) is 12.3 Å². The first-order chi connectivity index (χ1) is 9.46. The molecular weight excluding hydrogens is 280 g/mol.